The molecule has 5 nitrogen and oxygen atoms in total. The van der Waals surface area contributed by atoms with Crippen molar-refractivity contribution in [3.05, 3.63) is 41.5 Å². The fourth-order valence-corrected chi connectivity index (χ4v) is 2.72. The van der Waals surface area contributed by atoms with E-state index in [2.05, 4.69) is 10.3 Å². The minimum Gasteiger partial charge on any atom is -0.334 e. The molecule has 0 unspecified atom stereocenters. The zero-order chi connectivity index (χ0) is 14.3. The number of fused-ring (bicyclic) bond motifs is 1. The average molecular weight is 274 g/mol. The molecule has 104 valence electrons. The molecular formula is C14H15FN4O. The van der Waals surface area contributed by atoms with E-state index in [0.29, 0.717) is 6.42 Å². The summed E-state index contributed by atoms with van der Waals surface area (Å²) in [6.45, 7) is 3.93. The van der Waals surface area contributed by atoms with Gasteiger partial charge in [-0.2, -0.15) is 0 Å². The Hall–Kier alpha value is -2.24. The highest BCUT2D eigenvalue weighted by atomic mass is 19.1. The van der Waals surface area contributed by atoms with Gasteiger partial charge in [0.05, 0.1) is 17.4 Å². The first-order valence-electron chi connectivity index (χ1n) is 6.55. The average Bonchev–Trinajstić information content (AvgIpc) is 2.84. The molecule has 0 spiro atoms. The molecule has 2 heterocycles. The maximum absolute atomic E-state index is 13.0. The minimum absolute atomic E-state index is 0.0905. The Kier molecular flexibility index (Phi) is 3.00. The van der Waals surface area contributed by atoms with Crippen molar-refractivity contribution in [2.24, 2.45) is 0 Å². The Morgan fingerprint density at radius 3 is 2.65 bits per heavy atom. The molecule has 1 aliphatic rings. The van der Waals surface area contributed by atoms with Gasteiger partial charge in [-0.15, -0.1) is 5.10 Å². The number of aromatic nitrogens is 3. The summed E-state index contributed by atoms with van der Waals surface area (Å²) in [5, 5.41) is 8.34. The van der Waals surface area contributed by atoms with Gasteiger partial charge in [0.1, 0.15) is 11.5 Å². The molecule has 0 saturated heterocycles. The summed E-state index contributed by atoms with van der Waals surface area (Å²) in [5.74, 6) is -0.281. The smallest absolute Gasteiger partial charge is 0.210 e. The van der Waals surface area contributed by atoms with E-state index in [9.17, 15) is 9.18 Å². The number of hydrogen-bond donors (Lipinski definition) is 0. The van der Waals surface area contributed by atoms with E-state index in [1.165, 1.54) is 12.1 Å². The Balaban J connectivity index is 2.05. The van der Waals surface area contributed by atoms with Crippen molar-refractivity contribution in [3.8, 4) is 5.69 Å². The summed E-state index contributed by atoms with van der Waals surface area (Å²) in [6.07, 6.45) is 1.54. The van der Waals surface area contributed by atoms with Gasteiger partial charge in [-0.25, -0.2) is 9.07 Å². The van der Waals surface area contributed by atoms with Crippen LogP contribution in [0.3, 0.4) is 0 Å². The van der Waals surface area contributed by atoms with E-state index < -0.39 is 0 Å². The fourth-order valence-electron chi connectivity index (χ4n) is 2.72. The predicted octanol–water partition coefficient (Wildman–Crippen LogP) is 1.87. The Morgan fingerprint density at radius 2 is 2.00 bits per heavy atom. The highest BCUT2D eigenvalue weighted by Gasteiger charge is 2.32. The Morgan fingerprint density at radius 1 is 1.30 bits per heavy atom. The van der Waals surface area contributed by atoms with Crippen LogP contribution in [0.1, 0.15) is 31.3 Å². The van der Waals surface area contributed by atoms with Crippen molar-refractivity contribution in [2.45, 2.75) is 32.4 Å². The van der Waals surface area contributed by atoms with Gasteiger partial charge >= 0.3 is 0 Å². The number of benzene rings is 1. The number of carbonyl (C=O) groups is 1. The third-order valence-corrected chi connectivity index (χ3v) is 3.83. The molecule has 3 rings (SSSR count). The maximum atomic E-state index is 13.0. The third-order valence-electron chi connectivity index (χ3n) is 3.83. The van der Waals surface area contributed by atoms with E-state index in [-0.39, 0.29) is 17.9 Å². The number of hydrogen-bond acceptors (Lipinski definition) is 3. The lowest BCUT2D eigenvalue weighted by Crippen LogP contribution is -2.40. The van der Waals surface area contributed by atoms with Crippen LogP contribution < -0.4 is 0 Å². The van der Waals surface area contributed by atoms with Crippen LogP contribution in [0.4, 0.5) is 4.39 Å². The lowest BCUT2D eigenvalue weighted by molar-refractivity contribution is -0.122. The summed E-state index contributed by atoms with van der Waals surface area (Å²) >= 11 is 0. The van der Waals surface area contributed by atoms with Crippen LogP contribution in [-0.4, -0.2) is 32.3 Å². The van der Waals surface area contributed by atoms with E-state index in [0.717, 1.165) is 23.5 Å². The summed E-state index contributed by atoms with van der Waals surface area (Å²) < 4.78 is 14.7. The molecule has 0 radical (unpaired) electrons. The second-order valence-corrected chi connectivity index (χ2v) is 5.09. The monoisotopic (exact) mass is 274 g/mol. The minimum atomic E-state index is -0.281. The van der Waals surface area contributed by atoms with E-state index >= 15 is 0 Å². The van der Waals surface area contributed by atoms with E-state index in [1.54, 1.807) is 21.7 Å². The molecule has 0 fully saturated rings. The van der Waals surface area contributed by atoms with Crippen molar-refractivity contribution in [1.82, 2.24) is 19.9 Å². The molecule has 0 bridgehead atoms. The largest absolute Gasteiger partial charge is 0.334 e. The molecule has 20 heavy (non-hydrogen) atoms. The predicted molar refractivity (Wildman–Crippen MR) is 70.8 cm³/mol. The third kappa shape index (κ3) is 1.88. The van der Waals surface area contributed by atoms with Crippen LogP contribution in [0.15, 0.2) is 24.3 Å². The lowest BCUT2D eigenvalue weighted by Gasteiger charge is -2.35. The maximum Gasteiger partial charge on any atom is 0.210 e. The SMILES string of the molecule is C[C@@H]1c2nnn(-c3ccc(F)cc3)c2C[C@H](C)N1C=O. The standard InChI is InChI=1S/C14H15FN4O/c1-9-7-13-14(10(2)18(9)8-20)16-17-19(13)12-5-3-11(15)4-6-12/h3-6,8-10H,7H2,1-2H3/t9-,10+/m0/s1. The van der Waals surface area contributed by atoms with Crippen molar-refractivity contribution >= 4 is 6.41 Å². The van der Waals surface area contributed by atoms with Gasteiger partial charge in [0.2, 0.25) is 6.41 Å². The normalized spacial score (nSPS) is 21.6. The van der Waals surface area contributed by atoms with E-state index in [4.69, 9.17) is 0 Å². The van der Waals surface area contributed by atoms with Crippen LogP contribution in [0, 0.1) is 5.82 Å². The molecule has 2 atom stereocenters. The summed E-state index contributed by atoms with van der Waals surface area (Å²) in [6, 6.07) is 6.14. The molecule has 2 aromatic rings. The Bertz CT molecular complexity index is 637. The zero-order valence-corrected chi connectivity index (χ0v) is 11.3. The lowest BCUT2D eigenvalue weighted by atomic mass is 9.98. The summed E-state index contributed by atoms with van der Waals surface area (Å²) in [4.78, 5) is 12.9. The molecule has 0 aliphatic carbocycles. The van der Waals surface area contributed by atoms with Crippen LogP contribution in [0.25, 0.3) is 5.69 Å². The number of carbonyl (C=O) groups excluding carboxylic acids is 1. The zero-order valence-electron chi connectivity index (χ0n) is 11.3. The molecule has 0 saturated carbocycles. The number of nitrogens with zero attached hydrogens (tertiary/aromatic N) is 4. The van der Waals surface area contributed by atoms with Gasteiger partial charge < -0.3 is 4.90 Å². The topological polar surface area (TPSA) is 51.0 Å². The number of rotatable bonds is 2. The Labute approximate surface area is 116 Å². The quantitative estimate of drug-likeness (QED) is 0.786. The van der Waals surface area contributed by atoms with E-state index in [1.807, 2.05) is 13.8 Å². The molecule has 6 heteroatoms. The van der Waals surface area contributed by atoms with Gasteiger partial charge in [-0.3, -0.25) is 4.79 Å². The second kappa shape index (κ2) is 4.70. The van der Waals surface area contributed by atoms with Gasteiger partial charge in [0.25, 0.3) is 0 Å². The van der Waals surface area contributed by atoms with Gasteiger partial charge in [0, 0.05) is 12.5 Å². The highest BCUT2D eigenvalue weighted by molar-refractivity contribution is 5.51. The van der Waals surface area contributed by atoms with Gasteiger partial charge in [0.15, 0.2) is 0 Å². The first-order chi connectivity index (χ1) is 9.61. The van der Waals surface area contributed by atoms with Crippen molar-refractivity contribution in [1.29, 1.82) is 0 Å². The molecule has 1 aromatic carbocycles. The summed E-state index contributed by atoms with van der Waals surface area (Å²) in [7, 11) is 0. The van der Waals surface area contributed by atoms with Crippen LogP contribution in [0.2, 0.25) is 0 Å². The fraction of sp³-hybridized carbons (Fsp3) is 0.357. The van der Waals surface area contributed by atoms with Crippen molar-refractivity contribution < 1.29 is 9.18 Å². The van der Waals surface area contributed by atoms with Crippen LogP contribution >= 0.6 is 0 Å². The van der Waals surface area contributed by atoms with Crippen molar-refractivity contribution in [3.63, 3.8) is 0 Å². The molecule has 1 aromatic heterocycles. The number of halogens is 1. The molecule has 1 aliphatic heterocycles. The highest BCUT2D eigenvalue weighted by Crippen LogP contribution is 2.31. The van der Waals surface area contributed by atoms with Crippen molar-refractivity contribution in [2.75, 3.05) is 0 Å². The summed E-state index contributed by atoms with van der Waals surface area (Å²) in [5.41, 5.74) is 2.56. The molecule has 1 amide bonds. The first-order valence-corrected chi connectivity index (χ1v) is 6.55. The molecular weight excluding hydrogens is 259 g/mol. The van der Waals surface area contributed by atoms with Gasteiger partial charge in [-0.05, 0) is 38.1 Å². The van der Waals surface area contributed by atoms with Gasteiger partial charge in [-0.1, -0.05) is 5.21 Å². The molecule has 0 N–H and O–H groups in total. The first kappa shape index (κ1) is 12.8. The van der Waals surface area contributed by atoms with Crippen LogP contribution in [0.5, 0.6) is 0 Å². The second-order valence-electron chi connectivity index (χ2n) is 5.09. The van der Waals surface area contributed by atoms with Crippen LogP contribution in [-0.2, 0) is 11.2 Å². The number of amides is 1.